The van der Waals surface area contributed by atoms with Gasteiger partial charge in [-0.05, 0) is 12.1 Å². The van der Waals surface area contributed by atoms with Crippen molar-refractivity contribution < 1.29 is 31.5 Å². The van der Waals surface area contributed by atoms with E-state index in [9.17, 15) is 22.0 Å². The fourth-order valence-electron chi connectivity index (χ4n) is 1.54. The van der Waals surface area contributed by atoms with Gasteiger partial charge in [-0.3, -0.25) is 0 Å². The number of rotatable bonds is 4. The van der Waals surface area contributed by atoms with Crippen molar-refractivity contribution in [3.05, 3.63) is 52.7 Å². The predicted octanol–water partition coefficient (Wildman–Crippen LogP) is 3.08. The smallest absolute Gasteiger partial charge is 0.200 e. The van der Waals surface area contributed by atoms with E-state index in [4.69, 9.17) is 9.52 Å². The van der Waals surface area contributed by atoms with E-state index >= 15 is 0 Å². The van der Waals surface area contributed by atoms with E-state index < -0.39 is 34.8 Å². The summed E-state index contributed by atoms with van der Waals surface area (Å²) in [6.45, 7) is -0.680. The van der Waals surface area contributed by atoms with Crippen LogP contribution in [0.2, 0.25) is 0 Å². The summed E-state index contributed by atoms with van der Waals surface area (Å²) in [4.78, 5) is 0. The topological polar surface area (TPSA) is 45.4 Å². The van der Waals surface area contributed by atoms with Gasteiger partial charge in [0.2, 0.25) is 5.82 Å². The third-order valence-corrected chi connectivity index (χ3v) is 2.52. The number of anilines is 1. The second-order valence-corrected chi connectivity index (χ2v) is 3.82. The van der Waals surface area contributed by atoms with E-state index in [1.807, 2.05) is 0 Å². The van der Waals surface area contributed by atoms with Crippen LogP contribution in [0.15, 0.2) is 16.5 Å². The standard InChI is InChI=1S/C12H8F5NO2/c13-7-8(14)10(16)12(11(17)9(7)15)18-3-5-1-2-6(4-19)20-5/h1-2,18-19H,3-4H2. The number of furan rings is 1. The van der Waals surface area contributed by atoms with Crippen LogP contribution in [0.3, 0.4) is 0 Å². The molecular weight excluding hydrogens is 285 g/mol. The van der Waals surface area contributed by atoms with Crippen molar-refractivity contribution in [2.45, 2.75) is 13.2 Å². The molecule has 0 aliphatic rings. The largest absolute Gasteiger partial charge is 0.462 e. The van der Waals surface area contributed by atoms with Crippen LogP contribution in [0.5, 0.6) is 0 Å². The molecule has 1 aromatic carbocycles. The summed E-state index contributed by atoms with van der Waals surface area (Å²) in [5.41, 5.74) is -1.14. The number of hydrogen-bond donors (Lipinski definition) is 2. The minimum atomic E-state index is -2.22. The quantitative estimate of drug-likeness (QED) is 0.517. The Hall–Kier alpha value is -2.09. The number of benzene rings is 1. The van der Waals surface area contributed by atoms with Gasteiger partial charge in [-0.2, -0.15) is 0 Å². The van der Waals surface area contributed by atoms with Gasteiger partial charge in [-0.1, -0.05) is 0 Å². The molecule has 1 heterocycles. The molecule has 20 heavy (non-hydrogen) atoms. The van der Waals surface area contributed by atoms with E-state index in [1.165, 1.54) is 12.1 Å². The normalized spacial score (nSPS) is 10.9. The van der Waals surface area contributed by atoms with Crippen LogP contribution in [0.1, 0.15) is 11.5 Å². The fourth-order valence-corrected chi connectivity index (χ4v) is 1.54. The highest BCUT2D eigenvalue weighted by Crippen LogP contribution is 2.27. The van der Waals surface area contributed by atoms with Crippen LogP contribution in [0, 0.1) is 29.1 Å². The van der Waals surface area contributed by atoms with Gasteiger partial charge in [0.15, 0.2) is 23.3 Å². The monoisotopic (exact) mass is 293 g/mol. The third-order valence-electron chi connectivity index (χ3n) is 2.52. The molecule has 8 heteroatoms. The van der Waals surface area contributed by atoms with Crippen molar-refractivity contribution in [3.63, 3.8) is 0 Å². The fraction of sp³-hybridized carbons (Fsp3) is 0.167. The van der Waals surface area contributed by atoms with Crippen LogP contribution in [0.4, 0.5) is 27.6 Å². The number of hydrogen-bond acceptors (Lipinski definition) is 3. The summed E-state index contributed by atoms with van der Waals surface area (Å²) >= 11 is 0. The lowest BCUT2D eigenvalue weighted by Gasteiger charge is -2.09. The molecule has 0 aliphatic heterocycles. The molecular formula is C12H8F5NO2. The molecule has 0 aliphatic carbocycles. The number of nitrogens with one attached hydrogen (secondary N) is 1. The average Bonchev–Trinajstić information content (AvgIpc) is 2.91. The molecule has 2 N–H and O–H groups in total. The summed E-state index contributed by atoms with van der Waals surface area (Å²) in [5.74, 6) is -9.79. The highest BCUT2D eigenvalue weighted by atomic mass is 19.2. The van der Waals surface area contributed by atoms with Gasteiger partial charge in [0, 0.05) is 0 Å². The molecule has 0 saturated carbocycles. The molecule has 0 atom stereocenters. The molecule has 0 spiro atoms. The van der Waals surface area contributed by atoms with Crippen LogP contribution in [-0.2, 0) is 13.2 Å². The molecule has 0 bridgehead atoms. The lowest BCUT2D eigenvalue weighted by atomic mass is 10.2. The van der Waals surface area contributed by atoms with Gasteiger partial charge < -0.3 is 14.8 Å². The highest BCUT2D eigenvalue weighted by Gasteiger charge is 2.25. The molecule has 2 rings (SSSR count). The second-order valence-electron chi connectivity index (χ2n) is 3.82. The second kappa shape index (κ2) is 5.49. The first kappa shape index (κ1) is 14.3. The van der Waals surface area contributed by atoms with Crippen molar-refractivity contribution in [2.24, 2.45) is 0 Å². The van der Waals surface area contributed by atoms with Gasteiger partial charge in [0.25, 0.3) is 0 Å². The molecule has 0 unspecified atom stereocenters. The van der Waals surface area contributed by atoms with Gasteiger partial charge in [0.1, 0.15) is 23.8 Å². The van der Waals surface area contributed by atoms with E-state index in [1.54, 1.807) is 0 Å². The Balaban J connectivity index is 2.25. The van der Waals surface area contributed by atoms with Crippen molar-refractivity contribution in [1.29, 1.82) is 0 Å². The summed E-state index contributed by atoms with van der Waals surface area (Å²) in [5, 5.41) is 10.8. The van der Waals surface area contributed by atoms with Crippen molar-refractivity contribution in [2.75, 3.05) is 5.32 Å². The van der Waals surface area contributed by atoms with Gasteiger partial charge in [-0.15, -0.1) is 0 Å². The Labute approximate surface area is 109 Å². The Kier molecular flexibility index (Phi) is 3.93. The maximum atomic E-state index is 13.3. The van der Waals surface area contributed by atoms with Crippen molar-refractivity contribution in [3.8, 4) is 0 Å². The maximum Gasteiger partial charge on any atom is 0.200 e. The zero-order valence-electron chi connectivity index (χ0n) is 9.81. The minimum absolute atomic E-state index is 0.165. The third kappa shape index (κ3) is 2.46. The number of aliphatic hydroxyl groups excluding tert-OH is 1. The van der Waals surface area contributed by atoms with Gasteiger partial charge >= 0.3 is 0 Å². The lowest BCUT2D eigenvalue weighted by molar-refractivity contribution is 0.244. The first-order valence-corrected chi connectivity index (χ1v) is 5.39. The summed E-state index contributed by atoms with van der Waals surface area (Å²) in [6, 6.07) is 2.81. The average molecular weight is 293 g/mol. The van der Waals surface area contributed by atoms with Crippen LogP contribution >= 0.6 is 0 Å². The number of aliphatic hydroxyl groups is 1. The number of halogens is 5. The molecule has 2 aromatic rings. The minimum Gasteiger partial charge on any atom is -0.462 e. The highest BCUT2D eigenvalue weighted by molar-refractivity contribution is 5.47. The van der Waals surface area contributed by atoms with Crippen molar-refractivity contribution >= 4 is 5.69 Å². The van der Waals surface area contributed by atoms with E-state index in [2.05, 4.69) is 5.32 Å². The zero-order chi connectivity index (χ0) is 14.9. The van der Waals surface area contributed by atoms with Gasteiger partial charge in [0.05, 0.1) is 6.54 Å². The SMILES string of the molecule is OCc1ccc(CNc2c(F)c(F)c(F)c(F)c2F)o1. The van der Waals surface area contributed by atoms with Crippen molar-refractivity contribution in [1.82, 2.24) is 0 Å². The van der Waals surface area contributed by atoms with E-state index in [0.717, 1.165) is 0 Å². The summed E-state index contributed by atoms with van der Waals surface area (Å²) < 4.78 is 70.3. The van der Waals surface area contributed by atoms with Crippen LogP contribution < -0.4 is 5.32 Å². The first-order valence-electron chi connectivity index (χ1n) is 5.39. The lowest BCUT2D eigenvalue weighted by Crippen LogP contribution is -2.09. The van der Waals surface area contributed by atoms with Gasteiger partial charge in [-0.25, -0.2) is 22.0 Å². The predicted molar refractivity (Wildman–Crippen MR) is 58.2 cm³/mol. The molecule has 0 radical (unpaired) electrons. The van der Waals surface area contributed by atoms with E-state index in [0.29, 0.717) is 0 Å². The van der Waals surface area contributed by atoms with E-state index in [-0.39, 0.29) is 24.7 Å². The molecule has 1 aromatic heterocycles. The molecule has 3 nitrogen and oxygen atoms in total. The Morgan fingerprint density at radius 1 is 0.850 bits per heavy atom. The Morgan fingerprint density at radius 3 is 1.85 bits per heavy atom. The van der Waals surface area contributed by atoms with Crippen LogP contribution in [-0.4, -0.2) is 5.11 Å². The zero-order valence-corrected chi connectivity index (χ0v) is 9.81. The molecule has 0 fully saturated rings. The molecule has 108 valence electrons. The molecule has 0 amide bonds. The van der Waals surface area contributed by atoms with Crippen LogP contribution in [0.25, 0.3) is 0 Å². The first-order chi connectivity index (χ1) is 9.45. The Bertz CT molecular complexity index is 612. The summed E-state index contributed by atoms with van der Waals surface area (Å²) in [7, 11) is 0. The maximum absolute atomic E-state index is 13.3. The Morgan fingerprint density at radius 2 is 1.35 bits per heavy atom. The summed E-state index contributed by atoms with van der Waals surface area (Å²) in [6.07, 6.45) is 0. The molecule has 0 saturated heterocycles.